The molecule has 2 aromatic carbocycles. The smallest absolute Gasteiger partial charge is 0.316 e. The fourth-order valence-corrected chi connectivity index (χ4v) is 8.68. The molecule has 0 aliphatic carbocycles. The number of nitrogens with one attached hydrogen (secondary N) is 1. The molecule has 50 heavy (non-hydrogen) atoms. The highest BCUT2D eigenvalue weighted by atomic mass is 32.2. The van der Waals surface area contributed by atoms with E-state index in [9.17, 15) is 14.4 Å². The van der Waals surface area contributed by atoms with E-state index in [1.54, 1.807) is 22.7 Å². The average molecular weight is 727 g/mol. The van der Waals surface area contributed by atoms with Gasteiger partial charge in [0.25, 0.3) is 5.91 Å². The number of ether oxygens (including phenoxy) is 1. The molecule has 0 spiro atoms. The van der Waals surface area contributed by atoms with Crippen LogP contribution in [0.5, 0.6) is 0 Å². The first-order chi connectivity index (χ1) is 24.4. The number of nitrogens with two attached hydrogens (primary N) is 1. The molecule has 0 radical (unpaired) electrons. The monoisotopic (exact) mass is 726 g/mol. The van der Waals surface area contributed by atoms with Crippen LogP contribution in [-0.4, -0.2) is 74.4 Å². The van der Waals surface area contributed by atoms with Crippen LogP contribution >= 0.6 is 34.9 Å². The predicted molar refractivity (Wildman–Crippen MR) is 198 cm³/mol. The van der Waals surface area contributed by atoms with Crippen LogP contribution in [0.4, 0.5) is 5.13 Å². The second-order valence-electron chi connectivity index (χ2n) is 11.5. The molecule has 4 aromatic rings. The van der Waals surface area contributed by atoms with E-state index < -0.39 is 34.8 Å². The van der Waals surface area contributed by atoms with Crippen molar-refractivity contribution in [2.45, 2.75) is 17.5 Å². The number of thioether (sulfide) groups is 2. The minimum absolute atomic E-state index is 0.0774. The van der Waals surface area contributed by atoms with E-state index in [1.165, 1.54) is 29.6 Å². The molecule has 11 nitrogen and oxygen atoms in total. The topological polar surface area (TPSA) is 149 Å². The van der Waals surface area contributed by atoms with Crippen molar-refractivity contribution in [3.8, 4) is 0 Å². The number of esters is 1. The van der Waals surface area contributed by atoms with Crippen LogP contribution < -0.4 is 11.1 Å². The van der Waals surface area contributed by atoms with Gasteiger partial charge in [-0.3, -0.25) is 19.4 Å². The molecule has 0 bridgehead atoms. The Bertz CT molecular complexity index is 1840. The number of thiazole rings is 1. The van der Waals surface area contributed by atoms with Crippen LogP contribution in [0.15, 0.2) is 114 Å². The maximum absolute atomic E-state index is 14.4. The molecule has 2 aliphatic heterocycles. The number of β-lactam (4-membered cyclic amide) rings is 1. The molecule has 2 aromatic heterocycles. The van der Waals surface area contributed by atoms with Crippen molar-refractivity contribution in [1.29, 1.82) is 0 Å². The summed E-state index contributed by atoms with van der Waals surface area (Å²) in [6, 6.07) is 22.2. The van der Waals surface area contributed by atoms with Crippen LogP contribution in [0.2, 0.25) is 0 Å². The third kappa shape index (κ3) is 7.93. The summed E-state index contributed by atoms with van der Waals surface area (Å²) in [6.45, 7) is 3.80. The number of aromatic nitrogens is 2. The third-order valence-corrected chi connectivity index (χ3v) is 11.3. The van der Waals surface area contributed by atoms with Gasteiger partial charge in [0.1, 0.15) is 29.1 Å². The van der Waals surface area contributed by atoms with Gasteiger partial charge < -0.3 is 25.5 Å². The fourth-order valence-electron chi connectivity index (χ4n) is 5.49. The summed E-state index contributed by atoms with van der Waals surface area (Å²) in [5, 5.41) is 10.1. The minimum atomic E-state index is -1.04. The van der Waals surface area contributed by atoms with E-state index >= 15 is 0 Å². The van der Waals surface area contributed by atoms with Crippen molar-refractivity contribution in [2.75, 3.05) is 30.4 Å². The number of rotatable bonds is 14. The lowest BCUT2D eigenvalue weighted by Gasteiger charge is -2.54. The number of benzene rings is 2. The van der Waals surface area contributed by atoms with Crippen molar-refractivity contribution in [1.82, 2.24) is 20.2 Å². The summed E-state index contributed by atoms with van der Waals surface area (Å²) < 4.78 is 6.38. The van der Waals surface area contributed by atoms with Crippen molar-refractivity contribution < 1.29 is 24.0 Å². The number of carbonyl (C=O) groups is 3. The molecular formula is C36H34N6O5S3. The first-order valence-electron chi connectivity index (χ1n) is 15.6. The number of anilines is 1. The lowest BCUT2D eigenvalue weighted by atomic mass is 9.88. The number of nitrogens with zero attached hydrogens (tertiary/aromatic N) is 4. The van der Waals surface area contributed by atoms with Crippen molar-refractivity contribution >= 4 is 69.6 Å². The van der Waals surface area contributed by atoms with Gasteiger partial charge >= 0.3 is 5.97 Å². The highest BCUT2D eigenvalue weighted by molar-refractivity contribution is 8.02. The molecule has 2 fully saturated rings. The zero-order chi connectivity index (χ0) is 34.9. The molecular weight excluding hydrogens is 693 g/mol. The Kier molecular flexibility index (Phi) is 11.3. The van der Waals surface area contributed by atoms with E-state index in [1.807, 2.05) is 84.3 Å². The summed E-state index contributed by atoms with van der Waals surface area (Å²) in [7, 11) is 0. The highest BCUT2D eigenvalue weighted by Crippen LogP contribution is 2.45. The van der Waals surface area contributed by atoms with E-state index in [-0.39, 0.29) is 35.6 Å². The van der Waals surface area contributed by atoms with Gasteiger partial charge in [0.15, 0.2) is 16.9 Å². The van der Waals surface area contributed by atoms with E-state index in [0.717, 1.165) is 28.0 Å². The van der Waals surface area contributed by atoms with Gasteiger partial charge in [-0.1, -0.05) is 84.5 Å². The average Bonchev–Trinajstić information content (AvgIpc) is 3.59. The number of fused-ring (bicyclic) bond motifs is 1. The lowest BCUT2D eigenvalue weighted by molar-refractivity contribution is -0.164. The van der Waals surface area contributed by atoms with Crippen LogP contribution in [0.25, 0.3) is 6.08 Å². The van der Waals surface area contributed by atoms with Crippen molar-refractivity contribution in [3.05, 3.63) is 131 Å². The van der Waals surface area contributed by atoms with Crippen LogP contribution in [-0.2, 0) is 24.0 Å². The Morgan fingerprint density at radius 3 is 2.52 bits per heavy atom. The normalized spacial score (nSPS) is 20.2. The van der Waals surface area contributed by atoms with Gasteiger partial charge in [0.05, 0.1) is 0 Å². The molecule has 3 N–H and O–H groups in total. The fraction of sp³-hybridized carbons (Fsp3) is 0.222. The number of carbonyl (C=O) groups excluding carboxylic acids is 3. The maximum Gasteiger partial charge on any atom is 0.316 e. The highest BCUT2D eigenvalue weighted by Gasteiger charge is 2.58. The quantitative estimate of drug-likeness (QED) is 0.0446. The van der Waals surface area contributed by atoms with Crippen LogP contribution in [0, 0.1) is 5.41 Å². The molecule has 2 saturated heterocycles. The Morgan fingerprint density at radius 2 is 1.88 bits per heavy atom. The number of hydrogen-bond donors (Lipinski definition) is 2. The number of pyridine rings is 1. The first-order valence-corrected chi connectivity index (χ1v) is 18.6. The van der Waals surface area contributed by atoms with E-state index in [0.29, 0.717) is 11.5 Å². The second-order valence-corrected chi connectivity index (χ2v) is 14.4. The van der Waals surface area contributed by atoms with Gasteiger partial charge in [-0.15, -0.1) is 34.9 Å². The Labute approximate surface area is 302 Å². The first kappa shape index (κ1) is 34.9. The third-order valence-electron chi connectivity index (χ3n) is 8.02. The molecule has 2 aliphatic rings. The lowest BCUT2D eigenvalue weighted by Crippen LogP contribution is -2.74. The number of hydrogen-bond acceptors (Lipinski definition) is 12. The molecule has 0 saturated carbocycles. The SMILES string of the molecule is C=CCON=C(C(=O)NC1C(=O)N2CC(CSC=Cc3cccnc3)(C(=O)OC(c3ccccc3)c3ccccc3)CS[C@H]12)c1csc(N)n1. The Morgan fingerprint density at radius 1 is 1.14 bits per heavy atom. The molecule has 3 atom stereocenters. The second kappa shape index (κ2) is 16.2. The van der Waals surface area contributed by atoms with Gasteiger partial charge in [0.2, 0.25) is 5.91 Å². The molecule has 256 valence electrons. The largest absolute Gasteiger partial charge is 0.452 e. The van der Waals surface area contributed by atoms with Gasteiger partial charge in [-0.2, -0.15) is 0 Å². The Balaban J connectivity index is 1.21. The maximum atomic E-state index is 14.4. The summed E-state index contributed by atoms with van der Waals surface area (Å²) in [5.41, 5.74) is 7.49. The van der Waals surface area contributed by atoms with Crippen LogP contribution in [0.3, 0.4) is 0 Å². The molecule has 2 amide bonds. The molecule has 14 heteroatoms. The Hall–Kier alpha value is -4.92. The summed E-state index contributed by atoms with van der Waals surface area (Å²) in [6.07, 6.45) is 6.25. The molecule has 4 heterocycles. The van der Waals surface area contributed by atoms with Gasteiger partial charge in [-0.05, 0) is 34.2 Å². The number of nitrogen functional groups attached to an aromatic ring is 1. The molecule has 6 rings (SSSR count). The van der Waals surface area contributed by atoms with E-state index in [2.05, 4.69) is 27.0 Å². The zero-order valence-electron chi connectivity index (χ0n) is 26.8. The van der Waals surface area contributed by atoms with E-state index in [4.69, 9.17) is 15.3 Å². The minimum Gasteiger partial charge on any atom is -0.452 e. The van der Waals surface area contributed by atoms with Crippen molar-refractivity contribution in [2.24, 2.45) is 10.6 Å². The van der Waals surface area contributed by atoms with Gasteiger partial charge in [-0.25, -0.2) is 4.98 Å². The molecule has 2 unspecified atom stereocenters. The van der Waals surface area contributed by atoms with Crippen LogP contribution in [0.1, 0.15) is 28.5 Å². The zero-order valence-corrected chi connectivity index (χ0v) is 29.2. The summed E-state index contributed by atoms with van der Waals surface area (Å²) in [5.74, 6) is -0.613. The van der Waals surface area contributed by atoms with Crippen molar-refractivity contribution in [3.63, 3.8) is 0 Å². The number of amides is 2. The van der Waals surface area contributed by atoms with Gasteiger partial charge in [0, 0.05) is 35.8 Å². The standard InChI is InChI=1S/C36H34N6O5S3/c1-2-17-46-41-28(27-20-49-35(37)39-27)31(43)40-29-32(44)42-21-36(23-50-33(29)42,22-48-18-15-24-10-9-16-38-19-24)34(45)47-30(25-11-5-3-6-12-25)26-13-7-4-8-14-26/h2-16,18-20,29-30,33H,1,17,21-23H2,(H2,37,39)(H,40,43)/t29?,33-,36?/m1/s1. The number of oxime groups is 1. The predicted octanol–water partition coefficient (Wildman–Crippen LogP) is 5.15. The summed E-state index contributed by atoms with van der Waals surface area (Å²) >= 11 is 4.06. The summed E-state index contributed by atoms with van der Waals surface area (Å²) in [4.78, 5) is 56.6.